The van der Waals surface area contributed by atoms with Crippen LogP contribution in [0.1, 0.15) is 5.56 Å². The van der Waals surface area contributed by atoms with Crippen molar-refractivity contribution < 1.29 is 0 Å². The maximum Gasteiger partial charge on any atom is 0.0344 e. The Morgan fingerprint density at radius 1 is 1.55 bits per heavy atom. The van der Waals surface area contributed by atoms with Crippen LogP contribution in [0.3, 0.4) is 0 Å². The van der Waals surface area contributed by atoms with Gasteiger partial charge in [-0.3, -0.25) is 0 Å². The number of nitrogens with one attached hydrogen (secondary N) is 1. The first kappa shape index (κ1) is 7.66. The molecule has 1 aromatic rings. The van der Waals surface area contributed by atoms with Crippen LogP contribution < -0.4 is 11.1 Å². The van der Waals surface area contributed by atoms with E-state index < -0.39 is 0 Å². The number of nitrogens with two attached hydrogens (primary N) is 1. The van der Waals surface area contributed by atoms with E-state index >= 15 is 0 Å². The molecule has 0 radical (unpaired) electrons. The van der Waals surface area contributed by atoms with E-state index in [-0.39, 0.29) is 0 Å². The van der Waals surface area contributed by atoms with Gasteiger partial charge in [0, 0.05) is 18.4 Å². The van der Waals surface area contributed by atoms with Crippen molar-refractivity contribution in [3.63, 3.8) is 0 Å². The quantitative estimate of drug-likeness (QED) is 0.669. The van der Waals surface area contributed by atoms with E-state index in [2.05, 4.69) is 11.9 Å². The molecule has 0 heterocycles. The average Bonchev–Trinajstić information content (AvgIpc) is 2.05. The standard InChI is InChI=1S/C9H12N2/c1-7(10)8-4-3-5-9(6-8)11-2/h3-6,11H,1,10H2,2H3. The van der Waals surface area contributed by atoms with Gasteiger partial charge in [-0.25, -0.2) is 0 Å². The second kappa shape index (κ2) is 3.10. The first-order chi connectivity index (χ1) is 5.24. The van der Waals surface area contributed by atoms with Gasteiger partial charge in [0.2, 0.25) is 0 Å². The minimum Gasteiger partial charge on any atom is -0.399 e. The molecule has 0 bridgehead atoms. The predicted octanol–water partition coefficient (Wildman–Crippen LogP) is 1.66. The first-order valence-corrected chi connectivity index (χ1v) is 3.46. The Labute approximate surface area is 66.7 Å². The molecule has 0 amide bonds. The van der Waals surface area contributed by atoms with Crippen LogP contribution in [-0.2, 0) is 0 Å². The summed E-state index contributed by atoms with van der Waals surface area (Å²) in [4.78, 5) is 0. The van der Waals surface area contributed by atoms with E-state index in [0.717, 1.165) is 11.3 Å². The van der Waals surface area contributed by atoms with Crippen LogP contribution in [0.5, 0.6) is 0 Å². The lowest BCUT2D eigenvalue weighted by atomic mass is 10.1. The Hall–Kier alpha value is -1.44. The van der Waals surface area contributed by atoms with Gasteiger partial charge in [-0.2, -0.15) is 0 Å². The lowest BCUT2D eigenvalue weighted by Gasteiger charge is -2.02. The van der Waals surface area contributed by atoms with Gasteiger partial charge in [0.25, 0.3) is 0 Å². The molecular weight excluding hydrogens is 136 g/mol. The van der Waals surface area contributed by atoms with Crippen LogP contribution in [0.15, 0.2) is 30.8 Å². The molecule has 3 N–H and O–H groups in total. The van der Waals surface area contributed by atoms with Gasteiger partial charge < -0.3 is 11.1 Å². The SMILES string of the molecule is C=C(N)c1cccc(NC)c1. The van der Waals surface area contributed by atoms with Crippen molar-refractivity contribution in [3.05, 3.63) is 36.4 Å². The van der Waals surface area contributed by atoms with Crippen LogP contribution in [0.4, 0.5) is 5.69 Å². The highest BCUT2D eigenvalue weighted by Gasteiger charge is 1.93. The topological polar surface area (TPSA) is 38.0 Å². The third kappa shape index (κ3) is 1.74. The second-order valence-electron chi connectivity index (χ2n) is 2.36. The molecule has 0 fully saturated rings. The molecule has 58 valence electrons. The third-order valence-corrected chi connectivity index (χ3v) is 1.52. The maximum atomic E-state index is 5.52. The number of anilines is 1. The van der Waals surface area contributed by atoms with Gasteiger partial charge in [0.1, 0.15) is 0 Å². The minimum absolute atomic E-state index is 0.599. The molecule has 0 atom stereocenters. The zero-order valence-corrected chi connectivity index (χ0v) is 6.59. The Morgan fingerprint density at radius 2 is 2.27 bits per heavy atom. The summed E-state index contributed by atoms with van der Waals surface area (Å²) >= 11 is 0. The van der Waals surface area contributed by atoms with Crippen molar-refractivity contribution in [1.82, 2.24) is 0 Å². The number of hydrogen-bond donors (Lipinski definition) is 2. The summed E-state index contributed by atoms with van der Waals surface area (Å²) in [6.07, 6.45) is 0. The van der Waals surface area contributed by atoms with Gasteiger partial charge in [0.05, 0.1) is 0 Å². The van der Waals surface area contributed by atoms with E-state index in [0.29, 0.717) is 5.70 Å². The summed E-state index contributed by atoms with van der Waals surface area (Å²) in [5.74, 6) is 0. The minimum atomic E-state index is 0.599. The smallest absolute Gasteiger partial charge is 0.0344 e. The molecule has 0 aromatic heterocycles. The van der Waals surface area contributed by atoms with Crippen LogP contribution in [-0.4, -0.2) is 7.05 Å². The van der Waals surface area contributed by atoms with Gasteiger partial charge in [0.15, 0.2) is 0 Å². The summed E-state index contributed by atoms with van der Waals surface area (Å²) < 4.78 is 0. The largest absolute Gasteiger partial charge is 0.399 e. The first-order valence-electron chi connectivity index (χ1n) is 3.46. The zero-order chi connectivity index (χ0) is 8.27. The lowest BCUT2D eigenvalue weighted by Crippen LogP contribution is -1.95. The lowest BCUT2D eigenvalue weighted by molar-refractivity contribution is 1.47. The molecule has 1 rings (SSSR count). The molecule has 0 unspecified atom stereocenters. The highest BCUT2D eigenvalue weighted by Crippen LogP contribution is 2.12. The van der Waals surface area contributed by atoms with Gasteiger partial charge in [-0.1, -0.05) is 18.7 Å². The summed E-state index contributed by atoms with van der Waals surface area (Å²) in [6, 6.07) is 7.82. The second-order valence-corrected chi connectivity index (χ2v) is 2.36. The van der Waals surface area contributed by atoms with Crippen molar-refractivity contribution in [2.45, 2.75) is 0 Å². The summed E-state index contributed by atoms with van der Waals surface area (Å²) in [7, 11) is 1.87. The number of hydrogen-bond acceptors (Lipinski definition) is 2. The number of rotatable bonds is 2. The van der Waals surface area contributed by atoms with Crippen LogP contribution in [0.2, 0.25) is 0 Å². The molecule has 2 heteroatoms. The van der Waals surface area contributed by atoms with Crippen LogP contribution in [0, 0.1) is 0 Å². The summed E-state index contributed by atoms with van der Waals surface area (Å²) in [5.41, 5.74) is 8.13. The van der Waals surface area contributed by atoms with Crippen molar-refractivity contribution >= 4 is 11.4 Å². The molecule has 0 saturated carbocycles. The predicted molar refractivity (Wildman–Crippen MR) is 49.2 cm³/mol. The van der Waals surface area contributed by atoms with Gasteiger partial charge in [-0.05, 0) is 17.7 Å². The molecule has 0 saturated heterocycles. The molecule has 11 heavy (non-hydrogen) atoms. The van der Waals surface area contributed by atoms with Crippen molar-refractivity contribution in [3.8, 4) is 0 Å². The molecule has 1 aromatic carbocycles. The van der Waals surface area contributed by atoms with Crippen LogP contribution in [0.25, 0.3) is 5.70 Å². The van der Waals surface area contributed by atoms with Gasteiger partial charge in [-0.15, -0.1) is 0 Å². The summed E-state index contributed by atoms with van der Waals surface area (Å²) in [6.45, 7) is 3.65. The van der Waals surface area contributed by atoms with E-state index in [1.807, 2.05) is 31.3 Å². The Kier molecular flexibility index (Phi) is 2.16. The Balaban J connectivity index is 3.01. The van der Waals surface area contributed by atoms with Crippen molar-refractivity contribution in [2.75, 3.05) is 12.4 Å². The third-order valence-electron chi connectivity index (χ3n) is 1.52. The van der Waals surface area contributed by atoms with E-state index in [9.17, 15) is 0 Å². The Morgan fingerprint density at radius 3 is 2.82 bits per heavy atom. The molecule has 2 nitrogen and oxygen atoms in total. The fourth-order valence-corrected chi connectivity index (χ4v) is 0.874. The van der Waals surface area contributed by atoms with Crippen LogP contribution >= 0.6 is 0 Å². The maximum absolute atomic E-state index is 5.52. The monoisotopic (exact) mass is 148 g/mol. The van der Waals surface area contributed by atoms with Crippen molar-refractivity contribution in [2.24, 2.45) is 5.73 Å². The highest BCUT2D eigenvalue weighted by molar-refractivity contribution is 5.64. The molecule has 0 aliphatic heterocycles. The van der Waals surface area contributed by atoms with Gasteiger partial charge >= 0.3 is 0 Å². The van der Waals surface area contributed by atoms with E-state index in [4.69, 9.17) is 5.73 Å². The highest BCUT2D eigenvalue weighted by atomic mass is 14.8. The fourth-order valence-electron chi connectivity index (χ4n) is 0.874. The molecule has 0 aliphatic carbocycles. The van der Waals surface area contributed by atoms with E-state index in [1.165, 1.54) is 0 Å². The average molecular weight is 148 g/mol. The molecular formula is C9H12N2. The normalized spacial score (nSPS) is 9.18. The van der Waals surface area contributed by atoms with E-state index in [1.54, 1.807) is 0 Å². The van der Waals surface area contributed by atoms with Crippen molar-refractivity contribution in [1.29, 1.82) is 0 Å². The molecule has 0 aliphatic rings. The zero-order valence-electron chi connectivity index (χ0n) is 6.59. The Bertz CT molecular complexity index is 266. The fraction of sp³-hybridized carbons (Fsp3) is 0.111. The number of benzene rings is 1. The summed E-state index contributed by atoms with van der Waals surface area (Å²) in [5, 5.41) is 3.03. The molecule has 0 spiro atoms.